The summed E-state index contributed by atoms with van der Waals surface area (Å²) in [5.41, 5.74) is 0.477. The zero-order valence-electron chi connectivity index (χ0n) is 16.5. The lowest BCUT2D eigenvalue weighted by Gasteiger charge is -2.38. The van der Waals surface area contributed by atoms with Crippen LogP contribution in [0.4, 0.5) is 18.9 Å². The van der Waals surface area contributed by atoms with Gasteiger partial charge in [0.05, 0.1) is 11.6 Å². The molecule has 1 aliphatic carbocycles. The first-order valence-electron chi connectivity index (χ1n) is 9.89. The van der Waals surface area contributed by atoms with Gasteiger partial charge in [-0.15, -0.1) is 0 Å². The molecule has 2 heterocycles. The van der Waals surface area contributed by atoms with Crippen LogP contribution in [-0.4, -0.2) is 20.9 Å². The van der Waals surface area contributed by atoms with Crippen molar-refractivity contribution in [3.8, 4) is 0 Å². The number of benzene rings is 2. The van der Waals surface area contributed by atoms with Crippen molar-refractivity contribution in [2.75, 3.05) is 11.9 Å². The highest BCUT2D eigenvalue weighted by Crippen LogP contribution is 2.52. The topological polar surface area (TPSA) is 71.8 Å². The molecule has 0 saturated heterocycles. The third-order valence-electron chi connectivity index (χ3n) is 6.07. The summed E-state index contributed by atoms with van der Waals surface area (Å²) in [5, 5.41) is 5.63. The van der Waals surface area contributed by atoms with Gasteiger partial charge in [-0.05, 0) is 35.3 Å². The predicted molar refractivity (Wildman–Crippen MR) is 110 cm³/mol. The first-order valence-corrected chi connectivity index (χ1v) is 9.89. The van der Waals surface area contributed by atoms with Gasteiger partial charge in [0.1, 0.15) is 0 Å². The van der Waals surface area contributed by atoms with Crippen molar-refractivity contribution >= 4 is 11.3 Å². The Hall–Kier alpha value is -3.49. The molecule has 160 valence electrons. The molecule has 1 aromatic heterocycles. The van der Waals surface area contributed by atoms with Crippen molar-refractivity contribution in [3.05, 3.63) is 91.8 Å². The van der Waals surface area contributed by atoms with E-state index in [-0.39, 0.29) is 5.56 Å². The van der Waals surface area contributed by atoms with Crippen LogP contribution >= 0.6 is 0 Å². The molecule has 1 aliphatic heterocycles. The van der Waals surface area contributed by atoms with Crippen molar-refractivity contribution in [1.82, 2.24) is 14.3 Å². The van der Waals surface area contributed by atoms with E-state index in [1.165, 1.54) is 13.1 Å². The highest BCUT2D eigenvalue weighted by atomic mass is 19.4. The molecular formula is C22H19F3N4O2. The Morgan fingerprint density at radius 2 is 1.81 bits per heavy atom. The van der Waals surface area contributed by atoms with Crippen LogP contribution in [0, 0.1) is 0 Å². The van der Waals surface area contributed by atoms with E-state index in [9.17, 15) is 22.8 Å². The number of allylic oxidation sites excluding steroid dienone is 1. The predicted octanol–water partition coefficient (Wildman–Crippen LogP) is 3.48. The highest BCUT2D eigenvalue weighted by molar-refractivity contribution is 5.85. The van der Waals surface area contributed by atoms with E-state index >= 15 is 0 Å². The second-order valence-electron chi connectivity index (χ2n) is 7.83. The number of halogens is 3. The normalized spacial score (nSPS) is 20.1. The van der Waals surface area contributed by atoms with Crippen molar-refractivity contribution in [3.63, 3.8) is 0 Å². The molecule has 9 heteroatoms. The van der Waals surface area contributed by atoms with E-state index in [1.807, 2.05) is 24.3 Å². The molecule has 2 atom stereocenters. The summed E-state index contributed by atoms with van der Waals surface area (Å²) in [4.78, 5) is 25.0. The fourth-order valence-electron chi connectivity index (χ4n) is 4.68. The molecule has 0 radical (unpaired) electrons. The molecule has 2 N–H and O–H groups in total. The van der Waals surface area contributed by atoms with Crippen LogP contribution in [0.15, 0.2) is 58.1 Å². The molecule has 3 aromatic rings. The van der Waals surface area contributed by atoms with Crippen LogP contribution in [0.3, 0.4) is 0 Å². The van der Waals surface area contributed by atoms with Gasteiger partial charge in [-0.1, -0.05) is 36.4 Å². The maximum Gasteiger partial charge on any atom is 0.416 e. The number of nitrogens with zero attached hydrogens (tertiary/aromatic N) is 2. The Balaban J connectivity index is 1.89. The summed E-state index contributed by atoms with van der Waals surface area (Å²) in [7, 11) is 1.30. The van der Waals surface area contributed by atoms with E-state index < -0.39 is 35.1 Å². The number of aromatic amines is 1. The van der Waals surface area contributed by atoms with Gasteiger partial charge in [-0.2, -0.15) is 13.2 Å². The van der Waals surface area contributed by atoms with Crippen LogP contribution in [0.1, 0.15) is 40.6 Å². The fourth-order valence-corrected chi connectivity index (χ4v) is 4.68. The Bertz CT molecular complexity index is 1320. The average molecular weight is 428 g/mol. The van der Waals surface area contributed by atoms with Gasteiger partial charge in [0.25, 0.3) is 0 Å². The van der Waals surface area contributed by atoms with Gasteiger partial charge in [-0.25, -0.2) is 23.9 Å². The Labute approximate surface area is 174 Å². The number of hydrogen-bond donors (Lipinski definition) is 2. The zero-order valence-corrected chi connectivity index (χ0v) is 16.5. The van der Waals surface area contributed by atoms with Gasteiger partial charge in [0.15, 0.2) is 0 Å². The van der Waals surface area contributed by atoms with Gasteiger partial charge in [-0.3, -0.25) is 0 Å². The average Bonchev–Trinajstić information content (AvgIpc) is 3.00. The molecule has 0 spiro atoms. The van der Waals surface area contributed by atoms with E-state index in [4.69, 9.17) is 0 Å². The van der Waals surface area contributed by atoms with Crippen molar-refractivity contribution in [2.24, 2.45) is 7.05 Å². The van der Waals surface area contributed by atoms with Crippen molar-refractivity contribution in [2.45, 2.75) is 24.6 Å². The van der Waals surface area contributed by atoms with E-state index in [0.29, 0.717) is 24.2 Å². The zero-order chi connectivity index (χ0) is 21.9. The minimum Gasteiger partial charge on any atom is -0.384 e. The number of aromatic nitrogens is 3. The summed E-state index contributed by atoms with van der Waals surface area (Å²) in [6.45, 7) is 0.609. The number of H-pyrrole nitrogens is 1. The molecule has 0 saturated carbocycles. The number of hydrogen-bond acceptors (Lipinski definition) is 3. The molecule has 6 nitrogen and oxygen atoms in total. The van der Waals surface area contributed by atoms with Crippen LogP contribution in [0.2, 0.25) is 0 Å². The summed E-state index contributed by atoms with van der Waals surface area (Å²) >= 11 is 0. The third-order valence-corrected chi connectivity index (χ3v) is 6.07. The lowest BCUT2D eigenvalue weighted by atomic mass is 9.73. The van der Waals surface area contributed by atoms with Gasteiger partial charge >= 0.3 is 17.6 Å². The molecule has 31 heavy (non-hydrogen) atoms. The maximum atomic E-state index is 14.2. The molecule has 0 fully saturated rings. The number of anilines is 1. The lowest BCUT2D eigenvalue weighted by molar-refractivity contribution is -0.138. The van der Waals surface area contributed by atoms with Crippen LogP contribution in [0.5, 0.6) is 0 Å². The number of alkyl halides is 3. The standard InChI is InChI=1S/C22H19F3N4O2/c1-28-20(30)27-29(21(28)31)19-14(12-5-3-2-4-6-12)11-13-9-10-26-16-8-7-15(22(23,24)25)18(19)17(13)16/h2-8,11,14,19,26H,9-10H2,1H3,(H,27,30)/t14-,19-/m1/s1. The largest absolute Gasteiger partial charge is 0.416 e. The third kappa shape index (κ3) is 2.95. The van der Waals surface area contributed by atoms with Gasteiger partial charge in [0, 0.05) is 30.8 Å². The Morgan fingerprint density at radius 3 is 2.45 bits per heavy atom. The molecule has 2 aliphatic rings. The lowest BCUT2D eigenvalue weighted by Crippen LogP contribution is -2.35. The smallest absolute Gasteiger partial charge is 0.384 e. The summed E-state index contributed by atoms with van der Waals surface area (Å²) < 4.78 is 44.4. The van der Waals surface area contributed by atoms with Crippen molar-refractivity contribution in [1.29, 1.82) is 0 Å². The molecule has 2 aromatic carbocycles. The molecule has 0 bridgehead atoms. The first-order chi connectivity index (χ1) is 14.8. The number of nitrogens with one attached hydrogen (secondary N) is 2. The van der Waals surface area contributed by atoms with Crippen LogP contribution < -0.4 is 16.7 Å². The monoisotopic (exact) mass is 428 g/mol. The van der Waals surface area contributed by atoms with Crippen LogP contribution in [-0.2, 0) is 13.2 Å². The Morgan fingerprint density at radius 1 is 1.06 bits per heavy atom. The van der Waals surface area contributed by atoms with Gasteiger partial charge in [0.2, 0.25) is 0 Å². The minimum atomic E-state index is -4.62. The molecule has 5 rings (SSSR count). The minimum absolute atomic E-state index is 0.00695. The van der Waals surface area contributed by atoms with E-state index in [1.54, 1.807) is 12.1 Å². The summed E-state index contributed by atoms with van der Waals surface area (Å²) in [5.74, 6) is -0.561. The van der Waals surface area contributed by atoms with E-state index in [0.717, 1.165) is 26.5 Å². The second-order valence-corrected chi connectivity index (χ2v) is 7.83. The fraction of sp³-hybridized carbons (Fsp3) is 0.273. The summed E-state index contributed by atoms with van der Waals surface area (Å²) in [6, 6.07) is 10.5. The second kappa shape index (κ2) is 6.76. The van der Waals surface area contributed by atoms with Gasteiger partial charge < -0.3 is 5.32 Å². The summed E-state index contributed by atoms with van der Waals surface area (Å²) in [6.07, 6.45) is -2.12. The maximum absolute atomic E-state index is 14.2. The first kappa shape index (κ1) is 19.5. The molecular weight excluding hydrogens is 409 g/mol. The quantitative estimate of drug-likeness (QED) is 0.657. The SMILES string of the molecule is Cn1c(=O)[nH]n([C@H]2c3c(C(F)(F)F)ccc4c3C(=C[C@@H]2c2ccccc2)CCN4)c1=O. The van der Waals surface area contributed by atoms with Crippen LogP contribution in [0.25, 0.3) is 5.57 Å². The number of rotatable bonds is 2. The Kier molecular flexibility index (Phi) is 4.25. The molecule has 0 unspecified atom stereocenters. The van der Waals surface area contributed by atoms with E-state index in [2.05, 4.69) is 10.4 Å². The molecule has 0 amide bonds. The van der Waals surface area contributed by atoms with Crippen molar-refractivity contribution < 1.29 is 13.2 Å². The highest BCUT2D eigenvalue weighted by Gasteiger charge is 2.44.